The third-order valence-electron chi connectivity index (χ3n) is 8.01. The van der Waals surface area contributed by atoms with Gasteiger partial charge in [-0.05, 0) is 76.5 Å². The predicted octanol–water partition coefficient (Wildman–Crippen LogP) is 6.18. The molecule has 0 saturated heterocycles. The highest BCUT2D eigenvalue weighted by atomic mass is 16.6. The van der Waals surface area contributed by atoms with Crippen molar-refractivity contribution in [3.8, 4) is 17.0 Å². The van der Waals surface area contributed by atoms with E-state index < -0.39 is 11.6 Å². The largest absolute Gasteiger partial charge is 0.476 e. The van der Waals surface area contributed by atoms with Crippen LogP contribution in [0.5, 0.6) is 5.75 Å². The van der Waals surface area contributed by atoms with Crippen LogP contribution >= 0.6 is 0 Å². The Hall–Kier alpha value is -3.68. The van der Waals surface area contributed by atoms with Crippen molar-refractivity contribution in [1.29, 1.82) is 0 Å². The van der Waals surface area contributed by atoms with Crippen LogP contribution in [-0.2, 0) is 29.0 Å². The Labute approximate surface area is 248 Å². The highest BCUT2D eigenvalue weighted by Gasteiger charge is 2.31. The molecule has 1 aliphatic rings. The van der Waals surface area contributed by atoms with E-state index in [1.54, 1.807) is 20.8 Å². The van der Waals surface area contributed by atoms with Gasteiger partial charge in [-0.3, -0.25) is 9.36 Å². The first-order valence-electron chi connectivity index (χ1n) is 15.5. The van der Waals surface area contributed by atoms with Gasteiger partial charge in [0.1, 0.15) is 5.75 Å². The lowest BCUT2D eigenvalue weighted by atomic mass is 9.86. The molecule has 1 aromatic heterocycles. The van der Waals surface area contributed by atoms with Gasteiger partial charge in [-0.1, -0.05) is 74.6 Å². The molecule has 0 bridgehead atoms. The van der Waals surface area contributed by atoms with Gasteiger partial charge in [0, 0.05) is 18.7 Å². The summed E-state index contributed by atoms with van der Waals surface area (Å²) in [7, 11) is 0. The molecule has 1 fully saturated rings. The molecule has 0 N–H and O–H groups in total. The van der Waals surface area contributed by atoms with E-state index in [9.17, 15) is 14.4 Å². The quantitative estimate of drug-likeness (QED) is 0.168. The summed E-state index contributed by atoms with van der Waals surface area (Å²) < 4.78 is 13.9. The topological polar surface area (TPSA) is 92.4 Å². The molecule has 42 heavy (non-hydrogen) atoms. The highest BCUT2D eigenvalue weighted by molar-refractivity contribution is 5.79. The summed E-state index contributed by atoms with van der Waals surface area (Å²) in [5.74, 6) is 0.918. The number of hydrogen-bond donors (Lipinski definition) is 0. The summed E-state index contributed by atoms with van der Waals surface area (Å²) in [6.45, 7) is 6.29. The summed E-state index contributed by atoms with van der Waals surface area (Å²) in [5.41, 5.74) is 0.330. The lowest BCUT2D eigenvalue weighted by Gasteiger charge is -2.24. The zero-order chi connectivity index (χ0) is 30.0. The third kappa shape index (κ3) is 8.43. The number of ether oxygens (including phenoxy) is 2. The molecular formula is C34H45N3O5. The summed E-state index contributed by atoms with van der Waals surface area (Å²) >= 11 is 0. The number of rotatable bonds is 14. The number of carbonyl (C=O) groups excluding carboxylic acids is 1. The normalized spacial score (nSPS) is 14.1. The standard InChI is InChI=1S/C34H45N3O5/c1-4-41-32(39)34(2,3)42-29-22-13-18-27(25-29)17-11-12-23-36-31(38)30(28-20-9-6-10-21-28)35-37(33(36)40)24-14-19-26-15-7-5-8-16-26/h6,9-10,13,18,20-22,25-26H,4-5,7-8,11-12,14-17,19,23-24H2,1-3H3. The minimum Gasteiger partial charge on any atom is -0.476 e. The van der Waals surface area contributed by atoms with Gasteiger partial charge < -0.3 is 9.47 Å². The Morgan fingerprint density at radius 1 is 0.952 bits per heavy atom. The zero-order valence-corrected chi connectivity index (χ0v) is 25.3. The van der Waals surface area contributed by atoms with E-state index in [2.05, 4.69) is 5.10 Å². The van der Waals surface area contributed by atoms with E-state index in [1.165, 1.54) is 41.4 Å². The number of aryl methyl sites for hydroxylation is 2. The van der Waals surface area contributed by atoms with Gasteiger partial charge in [-0.25, -0.2) is 14.3 Å². The average molecular weight is 576 g/mol. The zero-order valence-electron chi connectivity index (χ0n) is 25.3. The molecule has 8 heteroatoms. The minimum atomic E-state index is -1.09. The second-order valence-corrected chi connectivity index (χ2v) is 11.8. The van der Waals surface area contributed by atoms with E-state index >= 15 is 0 Å². The molecule has 3 aromatic rings. The van der Waals surface area contributed by atoms with Crippen LogP contribution in [0.15, 0.2) is 64.2 Å². The lowest BCUT2D eigenvalue weighted by molar-refractivity contribution is -0.158. The molecule has 2 aromatic carbocycles. The molecule has 1 saturated carbocycles. The first kappa shape index (κ1) is 31.3. The smallest absolute Gasteiger partial charge is 0.349 e. The Morgan fingerprint density at radius 2 is 1.71 bits per heavy atom. The van der Waals surface area contributed by atoms with Gasteiger partial charge in [-0.2, -0.15) is 5.10 Å². The van der Waals surface area contributed by atoms with E-state index in [4.69, 9.17) is 9.47 Å². The number of aromatic nitrogens is 3. The Morgan fingerprint density at radius 3 is 2.45 bits per heavy atom. The molecule has 0 unspecified atom stereocenters. The van der Waals surface area contributed by atoms with Crippen molar-refractivity contribution in [1.82, 2.24) is 14.3 Å². The summed E-state index contributed by atoms with van der Waals surface area (Å²) in [4.78, 5) is 39.1. The minimum absolute atomic E-state index is 0.296. The monoisotopic (exact) mass is 575 g/mol. The van der Waals surface area contributed by atoms with Crippen LogP contribution in [0.3, 0.4) is 0 Å². The van der Waals surface area contributed by atoms with Gasteiger partial charge in [0.25, 0.3) is 5.56 Å². The maximum atomic E-state index is 13.4. The maximum absolute atomic E-state index is 13.4. The lowest BCUT2D eigenvalue weighted by Crippen LogP contribution is -2.42. The fraction of sp³-hybridized carbons (Fsp3) is 0.529. The average Bonchev–Trinajstić information content (AvgIpc) is 2.99. The highest BCUT2D eigenvalue weighted by Crippen LogP contribution is 2.27. The molecule has 8 nitrogen and oxygen atoms in total. The Kier molecular flexibility index (Phi) is 11.2. The van der Waals surface area contributed by atoms with Gasteiger partial charge >= 0.3 is 11.7 Å². The van der Waals surface area contributed by atoms with Crippen molar-refractivity contribution in [2.45, 2.75) is 104 Å². The number of unbranched alkanes of at least 4 members (excludes halogenated alkanes) is 1. The van der Waals surface area contributed by atoms with Gasteiger partial charge in [-0.15, -0.1) is 0 Å². The van der Waals surface area contributed by atoms with E-state index in [1.807, 2.05) is 54.6 Å². The van der Waals surface area contributed by atoms with Crippen molar-refractivity contribution >= 4 is 5.97 Å². The second kappa shape index (κ2) is 15.0. The predicted molar refractivity (Wildman–Crippen MR) is 165 cm³/mol. The van der Waals surface area contributed by atoms with E-state index in [0.717, 1.165) is 42.7 Å². The molecule has 0 spiro atoms. The molecule has 1 aliphatic carbocycles. The van der Waals surface area contributed by atoms with E-state index in [-0.39, 0.29) is 11.2 Å². The first-order valence-corrected chi connectivity index (χ1v) is 15.5. The van der Waals surface area contributed by atoms with Crippen LogP contribution in [0.4, 0.5) is 0 Å². The van der Waals surface area contributed by atoms with Crippen molar-refractivity contribution in [2.24, 2.45) is 5.92 Å². The molecule has 0 amide bonds. The van der Waals surface area contributed by atoms with E-state index in [0.29, 0.717) is 37.6 Å². The number of carbonyl (C=O) groups is 1. The molecule has 226 valence electrons. The van der Waals surface area contributed by atoms with Crippen LogP contribution in [0.25, 0.3) is 11.3 Å². The summed E-state index contributed by atoms with van der Waals surface area (Å²) in [6.07, 6.45) is 10.6. The van der Waals surface area contributed by atoms with Crippen LogP contribution in [0.1, 0.15) is 84.1 Å². The number of esters is 1. The molecular weight excluding hydrogens is 530 g/mol. The Bertz CT molecular complexity index is 1420. The van der Waals surface area contributed by atoms with Crippen molar-refractivity contribution in [3.63, 3.8) is 0 Å². The molecule has 0 atom stereocenters. The molecule has 0 radical (unpaired) electrons. The SMILES string of the molecule is CCOC(=O)C(C)(C)Oc1cccc(CCCCn2c(=O)c(-c3ccccc3)nn(CCCC3CCCCC3)c2=O)c1. The molecule has 0 aliphatic heterocycles. The van der Waals surface area contributed by atoms with Crippen LogP contribution in [-0.4, -0.2) is 32.5 Å². The fourth-order valence-electron chi connectivity index (χ4n) is 5.69. The van der Waals surface area contributed by atoms with Gasteiger partial charge in [0.05, 0.1) is 6.61 Å². The Balaban J connectivity index is 1.42. The fourth-order valence-corrected chi connectivity index (χ4v) is 5.69. The maximum Gasteiger partial charge on any atom is 0.349 e. The molecule has 1 heterocycles. The molecule has 4 rings (SSSR count). The summed E-state index contributed by atoms with van der Waals surface area (Å²) in [6, 6.07) is 17.0. The van der Waals surface area contributed by atoms with Crippen molar-refractivity contribution in [3.05, 3.63) is 81.0 Å². The van der Waals surface area contributed by atoms with Crippen molar-refractivity contribution in [2.75, 3.05) is 6.61 Å². The van der Waals surface area contributed by atoms with Crippen LogP contribution in [0, 0.1) is 5.92 Å². The third-order valence-corrected chi connectivity index (χ3v) is 8.01. The van der Waals surface area contributed by atoms with Gasteiger partial charge in [0.15, 0.2) is 11.3 Å². The number of benzene rings is 2. The first-order chi connectivity index (χ1) is 20.3. The van der Waals surface area contributed by atoms with Gasteiger partial charge in [0.2, 0.25) is 0 Å². The summed E-state index contributed by atoms with van der Waals surface area (Å²) in [5, 5.41) is 4.55. The van der Waals surface area contributed by atoms with Crippen LogP contribution in [0.2, 0.25) is 0 Å². The number of nitrogens with zero attached hydrogens (tertiary/aromatic N) is 3. The number of hydrogen-bond acceptors (Lipinski definition) is 6. The van der Waals surface area contributed by atoms with Crippen LogP contribution < -0.4 is 16.0 Å². The second-order valence-electron chi connectivity index (χ2n) is 11.8. The van der Waals surface area contributed by atoms with Crippen molar-refractivity contribution < 1.29 is 14.3 Å².